The van der Waals surface area contributed by atoms with E-state index in [1.165, 1.54) is 23.3 Å². The van der Waals surface area contributed by atoms with E-state index in [2.05, 4.69) is 5.32 Å². The minimum atomic E-state index is -0.389. The van der Waals surface area contributed by atoms with E-state index in [0.717, 1.165) is 43.2 Å². The quantitative estimate of drug-likeness (QED) is 0.632. The summed E-state index contributed by atoms with van der Waals surface area (Å²) in [5.41, 5.74) is 2.52. The number of fused-ring (bicyclic) bond motifs is 1. The molecule has 1 amide bonds. The number of carbonyl (C=O) groups is 2. The summed E-state index contributed by atoms with van der Waals surface area (Å²) in [4.78, 5) is 25.8. The number of benzene rings is 1. The molecule has 1 heterocycles. The molecule has 0 unspecified atom stereocenters. The van der Waals surface area contributed by atoms with Gasteiger partial charge in [0.2, 0.25) is 0 Å². The molecular weight excluding hydrogens is 350 g/mol. The second-order valence-electron chi connectivity index (χ2n) is 6.36. The lowest BCUT2D eigenvalue weighted by molar-refractivity contribution is -0.118. The lowest BCUT2D eigenvalue weighted by Crippen LogP contribution is -2.21. The highest BCUT2D eigenvalue weighted by atomic mass is 32.1. The van der Waals surface area contributed by atoms with Gasteiger partial charge in [0, 0.05) is 4.88 Å². The van der Waals surface area contributed by atoms with Crippen LogP contribution in [0.15, 0.2) is 24.3 Å². The molecule has 3 rings (SSSR count). The molecule has 0 spiro atoms. The van der Waals surface area contributed by atoms with Gasteiger partial charge in [-0.15, -0.1) is 11.3 Å². The lowest BCUT2D eigenvalue weighted by atomic mass is 10.1. The van der Waals surface area contributed by atoms with Crippen LogP contribution in [0, 0.1) is 6.92 Å². The van der Waals surface area contributed by atoms with Gasteiger partial charge in [0.05, 0.1) is 12.7 Å². The molecule has 0 aliphatic heterocycles. The van der Waals surface area contributed by atoms with Gasteiger partial charge in [-0.1, -0.05) is 24.6 Å². The number of amides is 1. The summed E-state index contributed by atoms with van der Waals surface area (Å²) < 4.78 is 10.5. The van der Waals surface area contributed by atoms with Crippen LogP contribution in [0.3, 0.4) is 0 Å². The number of hydrogen-bond donors (Lipinski definition) is 1. The Morgan fingerprint density at radius 2 is 1.92 bits per heavy atom. The standard InChI is InChI=1S/C20H23NO4S/c1-13-8-6-7-10-15(13)25-12-17(22)21-19-18(20(23)24-2)14-9-4-3-5-11-16(14)26-19/h6-8,10H,3-5,9,11-12H2,1-2H3,(H,21,22). The Bertz CT molecular complexity index is 812. The van der Waals surface area contributed by atoms with E-state index < -0.39 is 0 Å². The largest absolute Gasteiger partial charge is 0.483 e. The summed E-state index contributed by atoms with van der Waals surface area (Å²) in [6.45, 7) is 1.83. The highest BCUT2D eigenvalue weighted by Gasteiger charge is 2.26. The van der Waals surface area contributed by atoms with Gasteiger partial charge in [-0.25, -0.2) is 4.79 Å². The van der Waals surface area contributed by atoms with E-state index >= 15 is 0 Å². The molecule has 6 heteroatoms. The molecule has 1 aliphatic rings. The fourth-order valence-corrected chi connectivity index (χ4v) is 4.47. The van der Waals surface area contributed by atoms with Gasteiger partial charge in [0.1, 0.15) is 10.8 Å². The highest BCUT2D eigenvalue weighted by Crippen LogP contribution is 2.37. The van der Waals surface area contributed by atoms with Crippen LogP contribution in [-0.2, 0) is 22.4 Å². The minimum absolute atomic E-state index is 0.103. The zero-order valence-electron chi connectivity index (χ0n) is 15.1. The van der Waals surface area contributed by atoms with Crippen LogP contribution < -0.4 is 10.1 Å². The number of thiophene rings is 1. The van der Waals surface area contributed by atoms with Crippen LogP contribution in [-0.4, -0.2) is 25.6 Å². The Morgan fingerprint density at radius 3 is 2.69 bits per heavy atom. The van der Waals surface area contributed by atoms with E-state index in [4.69, 9.17) is 9.47 Å². The molecule has 1 N–H and O–H groups in total. The topological polar surface area (TPSA) is 64.6 Å². The van der Waals surface area contributed by atoms with Crippen LogP contribution in [0.4, 0.5) is 5.00 Å². The summed E-state index contributed by atoms with van der Waals surface area (Å²) in [6, 6.07) is 7.55. The van der Waals surface area contributed by atoms with Gasteiger partial charge >= 0.3 is 5.97 Å². The molecule has 26 heavy (non-hydrogen) atoms. The molecular formula is C20H23NO4S. The number of para-hydroxylation sites is 1. The zero-order chi connectivity index (χ0) is 18.5. The van der Waals surface area contributed by atoms with Crippen LogP contribution in [0.25, 0.3) is 0 Å². The summed E-state index contributed by atoms with van der Waals surface area (Å²) in [5, 5.41) is 3.42. The first-order valence-electron chi connectivity index (χ1n) is 8.81. The first kappa shape index (κ1) is 18.5. The van der Waals surface area contributed by atoms with Gasteiger partial charge in [-0.05, 0) is 49.8 Å². The monoisotopic (exact) mass is 373 g/mol. The Hall–Kier alpha value is -2.34. The highest BCUT2D eigenvalue weighted by molar-refractivity contribution is 7.17. The Kier molecular flexibility index (Phi) is 5.93. The van der Waals surface area contributed by atoms with Crippen molar-refractivity contribution in [2.75, 3.05) is 19.0 Å². The number of methoxy groups -OCH3 is 1. The summed E-state index contributed by atoms with van der Waals surface area (Å²) in [7, 11) is 1.37. The molecule has 0 saturated heterocycles. The van der Waals surface area contributed by atoms with Crippen molar-refractivity contribution in [3.8, 4) is 5.75 Å². The van der Waals surface area contributed by atoms with E-state index in [9.17, 15) is 9.59 Å². The number of aryl methyl sites for hydroxylation is 2. The summed E-state index contributed by atoms with van der Waals surface area (Å²) in [5.74, 6) is 0.00661. The van der Waals surface area contributed by atoms with E-state index in [-0.39, 0.29) is 18.5 Å². The van der Waals surface area contributed by atoms with Crippen LogP contribution in [0.5, 0.6) is 5.75 Å². The van der Waals surface area contributed by atoms with Crippen LogP contribution in [0.2, 0.25) is 0 Å². The predicted octanol–water partition coefficient (Wildman–Crippen LogP) is 4.13. The third-order valence-corrected chi connectivity index (χ3v) is 5.72. The lowest BCUT2D eigenvalue weighted by Gasteiger charge is -2.10. The van der Waals surface area contributed by atoms with Crippen molar-refractivity contribution in [2.24, 2.45) is 0 Å². The number of anilines is 1. The van der Waals surface area contributed by atoms with Gasteiger partial charge in [0.25, 0.3) is 5.91 Å². The van der Waals surface area contributed by atoms with E-state index in [1.54, 1.807) is 0 Å². The molecule has 5 nitrogen and oxygen atoms in total. The number of nitrogens with one attached hydrogen (secondary N) is 1. The number of rotatable bonds is 5. The van der Waals surface area contributed by atoms with Crippen molar-refractivity contribution in [3.05, 3.63) is 45.8 Å². The molecule has 0 fully saturated rings. The van der Waals surface area contributed by atoms with Crippen molar-refractivity contribution in [1.82, 2.24) is 0 Å². The van der Waals surface area contributed by atoms with Crippen molar-refractivity contribution >= 4 is 28.2 Å². The Labute approximate surface area is 157 Å². The fraction of sp³-hybridized carbons (Fsp3) is 0.400. The Balaban J connectivity index is 1.75. The second-order valence-corrected chi connectivity index (χ2v) is 7.47. The molecule has 0 atom stereocenters. The zero-order valence-corrected chi connectivity index (χ0v) is 15.9. The normalized spacial score (nSPS) is 13.5. The molecule has 1 aromatic carbocycles. The maximum Gasteiger partial charge on any atom is 0.341 e. The second kappa shape index (κ2) is 8.36. The number of hydrogen-bond acceptors (Lipinski definition) is 5. The van der Waals surface area contributed by atoms with Gasteiger partial charge in [0.15, 0.2) is 6.61 Å². The first-order valence-corrected chi connectivity index (χ1v) is 9.63. The first-order chi connectivity index (χ1) is 12.6. The van der Waals surface area contributed by atoms with Crippen molar-refractivity contribution in [1.29, 1.82) is 0 Å². The summed E-state index contributed by atoms with van der Waals surface area (Å²) >= 11 is 1.48. The SMILES string of the molecule is COC(=O)c1c(NC(=O)COc2ccccc2C)sc2c1CCCCC2. The van der Waals surface area contributed by atoms with Gasteiger partial charge in [-0.3, -0.25) is 4.79 Å². The third kappa shape index (κ3) is 4.07. The van der Waals surface area contributed by atoms with Crippen LogP contribution in [0.1, 0.15) is 45.6 Å². The number of ether oxygens (including phenoxy) is 2. The van der Waals surface area contributed by atoms with Gasteiger partial charge in [-0.2, -0.15) is 0 Å². The molecule has 0 radical (unpaired) electrons. The van der Waals surface area contributed by atoms with E-state index in [1.807, 2.05) is 31.2 Å². The van der Waals surface area contributed by atoms with Gasteiger partial charge < -0.3 is 14.8 Å². The molecule has 0 saturated carbocycles. The van der Waals surface area contributed by atoms with Crippen LogP contribution >= 0.6 is 11.3 Å². The molecule has 1 aromatic heterocycles. The number of esters is 1. The molecule has 138 valence electrons. The average Bonchev–Trinajstić information content (AvgIpc) is 2.81. The summed E-state index contributed by atoms with van der Waals surface area (Å²) in [6.07, 6.45) is 5.12. The Morgan fingerprint density at radius 1 is 1.15 bits per heavy atom. The molecule has 1 aliphatic carbocycles. The molecule has 0 bridgehead atoms. The molecule has 2 aromatic rings. The maximum atomic E-state index is 12.4. The predicted molar refractivity (Wildman–Crippen MR) is 102 cm³/mol. The minimum Gasteiger partial charge on any atom is -0.483 e. The fourth-order valence-electron chi connectivity index (χ4n) is 3.17. The number of carbonyl (C=O) groups excluding carboxylic acids is 2. The smallest absolute Gasteiger partial charge is 0.341 e. The van der Waals surface area contributed by atoms with E-state index in [0.29, 0.717) is 16.3 Å². The maximum absolute atomic E-state index is 12.4. The van der Waals surface area contributed by atoms with Crippen molar-refractivity contribution < 1.29 is 19.1 Å². The average molecular weight is 373 g/mol. The van der Waals surface area contributed by atoms with Crippen molar-refractivity contribution in [3.63, 3.8) is 0 Å². The van der Waals surface area contributed by atoms with Crippen molar-refractivity contribution in [2.45, 2.75) is 39.0 Å². The third-order valence-electron chi connectivity index (χ3n) is 4.52.